The average Bonchev–Trinajstić information content (AvgIpc) is 2.96. The Morgan fingerprint density at radius 2 is 2.30 bits per heavy atom. The number of carbonyl (C=O) groups is 1. The first kappa shape index (κ1) is 14.5. The second kappa shape index (κ2) is 6.04. The molecule has 0 unspecified atom stereocenters. The number of carbonyl (C=O) groups excluding carboxylic acids is 1. The van der Waals surface area contributed by atoms with Crippen LogP contribution in [0.3, 0.4) is 0 Å². The van der Waals surface area contributed by atoms with Crippen LogP contribution < -0.4 is 0 Å². The molecule has 0 N–H and O–H groups in total. The lowest BCUT2D eigenvalue weighted by Gasteiger charge is -2.05. The molecule has 108 valence electrons. The fourth-order valence-corrected chi connectivity index (χ4v) is 2.40. The molecule has 0 aliphatic rings. The van der Waals surface area contributed by atoms with Crippen LogP contribution in [-0.2, 0) is 11.3 Å². The van der Waals surface area contributed by atoms with Crippen molar-refractivity contribution in [2.24, 2.45) is 0 Å². The Balaban J connectivity index is 2.31. The van der Waals surface area contributed by atoms with E-state index in [1.807, 2.05) is 6.92 Å². The summed E-state index contributed by atoms with van der Waals surface area (Å²) in [4.78, 5) is 16.3. The van der Waals surface area contributed by atoms with E-state index >= 15 is 0 Å². The molecule has 20 heavy (non-hydrogen) atoms. The van der Waals surface area contributed by atoms with Crippen molar-refractivity contribution in [2.45, 2.75) is 26.8 Å². The van der Waals surface area contributed by atoms with Crippen LogP contribution in [0.2, 0.25) is 0 Å². The molecule has 0 saturated carbocycles. The number of nitrogens with zero attached hydrogens (tertiary/aromatic N) is 4. The Morgan fingerprint density at radius 1 is 1.55 bits per heavy atom. The molecule has 0 saturated heterocycles. The van der Waals surface area contributed by atoms with Crippen LogP contribution in [-0.4, -0.2) is 32.6 Å². The van der Waals surface area contributed by atoms with Crippen molar-refractivity contribution in [1.82, 2.24) is 20.0 Å². The van der Waals surface area contributed by atoms with Crippen molar-refractivity contribution in [1.29, 1.82) is 0 Å². The van der Waals surface area contributed by atoms with Crippen molar-refractivity contribution in [3.05, 3.63) is 27.5 Å². The van der Waals surface area contributed by atoms with E-state index < -0.39 is 23.8 Å². The summed E-state index contributed by atoms with van der Waals surface area (Å²) in [7, 11) is 0. The van der Waals surface area contributed by atoms with E-state index in [1.165, 1.54) is 11.3 Å². The summed E-state index contributed by atoms with van der Waals surface area (Å²) >= 11 is 1.37. The summed E-state index contributed by atoms with van der Waals surface area (Å²) in [5.41, 5.74) is -0.974. The number of thiazole rings is 1. The summed E-state index contributed by atoms with van der Waals surface area (Å²) < 4.78 is 31.9. The SMILES string of the molecule is CCOC(=O)c1nnn(Cc2cnc(C)s2)c1C(F)F. The average molecular weight is 302 g/mol. The molecule has 0 fully saturated rings. The molecule has 0 aliphatic carbocycles. The molecule has 6 nitrogen and oxygen atoms in total. The summed E-state index contributed by atoms with van der Waals surface area (Å²) in [5, 5.41) is 7.93. The van der Waals surface area contributed by atoms with Crippen LogP contribution in [0.1, 0.15) is 39.4 Å². The van der Waals surface area contributed by atoms with E-state index in [0.717, 1.165) is 14.6 Å². The first-order chi connectivity index (χ1) is 9.52. The van der Waals surface area contributed by atoms with Gasteiger partial charge in [-0.25, -0.2) is 23.2 Å². The van der Waals surface area contributed by atoms with Crippen molar-refractivity contribution in [3.8, 4) is 0 Å². The van der Waals surface area contributed by atoms with Gasteiger partial charge in [0.25, 0.3) is 6.43 Å². The Hall–Kier alpha value is -1.90. The van der Waals surface area contributed by atoms with E-state index in [-0.39, 0.29) is 13.2 Å². The van der Waals surface area contributed by atoms with Crippen molar-refractivity contribution in [2.75, 3.05) is 6.61 Å². The quantitative estimate of drug-likeness (QED) is 0.792. The summed E-state index contributed by atoms with van der Waals surface area (Å²) in [5.74, 6) is -0.894. The van der Waals surface area contributed by atoms with Gasteiger partial charge in [-0.3, -0.25) is 0 Å². The molecule has 0 spiro atoms. The number of esters is 1. The third-order valence-corrected chi connectivity index (χ3v) is 3.32. The van der Waals surface area contributed by atoms with Gasteiger partial charge in [0.1, 0.15) is 5.69 Å². The Bertz CT molecular complexity index is 611. The van der Waals surface area contributed by atoms with Gasteiger partial charge < -0.3 is 4.74 Å². The molecule has 9 heteroatoms. The van der Waals surface area contributed by atoms with Gasteiger partial charge in [0.05, 0.1) is 18.2 Å². The highest BCUT2D eigenvalue weighted by Gasteiger charge is 2.27. The lowest BCUT2D eigenvalue weighted by molar-refractivity contribution is 0.0506. The number of rotatable bonds is 5. The zero-order valence-electron chi connectivity index (χ0n) is 10.8. The molecule has 2 aromatic heterocycles. The maximum absolute atomic E-state index is 13.1. The number of ether oxygens (including phenoxy) is 1. The zero-order valence-corrected chi connectivity index (χ0v) is 11.7. The van der Waals surface area contributed by atoms with Crippen LogP contribution in [0, 0.1) is 6.92 Å². The molecule has 2 heterocycles. The Morgan fingerprint density at radius 3 is 2.85 bits per heavy atom. The number of hydrogen-bond acceptors (Lipinski definition) is 6. The predicted octanol–water partition coefficient (Wildman–Crippen LogP) is 2.21. The second-order valence-electron chi connectivity index (χ2n) is 3.85. The minimum Gasteiger partial charge on any atom is -0.461 e. The molecule has 0 radical (unpaired) electrons. The number of aryl methyl sites for hydroxylation is 1. The molecule has 2 rings (SSSR count). The van der Waals surface area contributed by atoms with Crippen LogP contribution >= 0.6 is 11.3 Å². The lowest BCUT2D eigenvalue weighted by atomic mass is 10.3. The molecule has 0 atom stereocenters. The third kappa shape index (κ3) is 2.98. The van der Waals surface area contributed by atoms with Gasteiger partial charge in [0.15, 0.2) is 5.69 Å². The van der Waals surface area contributed by atoms with Gasteiger partial charge in [-0.15, -0.1) is 16.4 Å². The van der Waals surface area contributed by atoms with E-state index in [9.17, 15) is 13.6 Å². The molecular formula is C11H12F2N4O2S. The minimum atomic E-state index is -2.86. The highest BCUT2D eigenvalue weighted by atomic mass is 32.1. The topological polar surface area (TPSA) is 69.9 Å². The van der Waals surface area contributed by atoms with Gasteiger partial charge in [0.2, 0.25) is 0 Å². The predicted molar refractivity (Wildman–Crippen MR) is 66.9 cm³/mol. The molecule has 0 bridgehead atoms. The Labute approximate surface area is 117 Å². The summed E-state index contributed by atoms with van der Waals surface area (Å²) in [6.45, 7) is 3.58. The molecular weight excluding hydrogens is 290 g/mol. The fourth-order valence-electron chi connectivity index (χ4n) is 1.62. The normalized spacial score (nSPS) is 11.1. The first-order valence-corrected chi connectivity index (χ1v) is 6.64. The fraction of sp³-hybridized carbons (Fsp3) is 0.455. The Kier molecular flexibility index (Phi) is 4.38. The lowest BCUT2D eigenvalue weighted by Crippen LogP contribution is -2.11. The molecule has 0 aromatic carbocycles. The van der Waals surface area contributed by atoms with Crippen LogP contribution in [0.5, 0.6) is 0 Å². The van der Waals surface area contributed by atoms with Gasteiger partial charge in [0, 0.05) is 11.1 Å². The zero-order chi connectivity index (χ0) is 14.7. The number of alkyl halides is 2. The maximum Gasteiger partial charge on any atom is 0.361 e. The number of hydrogen-bond donors (Lipinski definition) is 0. The molecule has 0 aliphatic heterocycles. The van der Waals surface area contributed by atoms with Crippen LogP contribution in [0.15, 0.2) is 6.20 Å². The van der Waals surface area contributed by atoms with Crippen molar-refractivity contribution in [3.63, 3.8) is 0 Å². The molecule has 2 aromatic rings. The largest absolute Gasteiger partial charge is 0.461 e. The third-order valence-electron chi connectivity index (χ3n) is 2.42. The standard InChI is InChI=1S/C11H12F2N4O2S/c1-3-19-11(18)8-9(10(12)13)17(16-15-8)5-7-4-14-6(2)20-7/h4,10H,3,5H2,1-2H3. The van der Waals surface area contributed by atoms with E-state index in [1.54, 1.807) is 13.1 Å². The minimum absolute atomic E-state index is 0.0857. The van der Waals surface area contributed by atoms with Crippen LogP contribution in [0.25, 0.3) is 0 Å². The van der Waals surface area contributed by atoms with Gasteiger partial charge in [-0.1, -0.05) is 5.21 Å². The number of halogens is 2. The van der Waals surface area contributed by atoms with E-state index in [0.29, 0.717) is 0 Å². The smallest absolute Gasteiger partial charge is 0.361 e. The molecule has 0 amide bonds. The first-order valence-electron chi connectivity index (χ1n) is 5.82. The van der Waals surface area contributed by atoms with Gasteiger partial charge >= 0.3 is 5.97 Å². The summed E-state index contributed by atoms with van der Waals surface area (Å²) in [6, 6.07) is 0. The highest BCUT2D eigenvalue weighted by Crippen LogP contribution is 2.23. The van der Waals surface area contributed by atoms with E-state index in [2.05, 4.69) is 20.0 Å². The van der Waals surface area contributed by atoms with Crippen molar-refractivity contribution < 1.29 is 18.3 Å². The maximum atomic E-state index is 13.1. The highest BCUT2D eigenvalue weighted by molar-refractivity contribution is 7.11. The monoisotopic (exact) mass is 302 g/mol. The van der Waals surface area contributed by atoms with Crippen molar-refractivity contribution >= 4 is 17.3 Å². The second-order valence-corrected chi connectivity index (χ2v) is 5.17. The summed E-state index contributed by atoms with van der Waals surface area (Å²) in [6.07, 6.45) is -1.28. The van der Waals surface area contributed by atoms with Gasteiger partial charge in [-0.2, -0.15) is 0 Å². The van der Waals surface area contributed by atoms with E-state index in [4.69, 9.17) is 0 Å². The van der Waals surface area contributed by atoms with Gasteiger partial charge in [-0.05, 0) is 13.8 Å². The van der Waals surface area contributed by atoms with Crippen LogP contribution in [0.4, 0.5) is 8.78 Å². The number of aromatic nitrogens is 4.